The number of benzene rings is 1. The number of nitrogens with one attached hydrogen (secondary N) is 1. The summed E-state index contributed by atoms with van der Waals surface area (Å²) in [6.45, 7) is 3.94. The van der Waals surface area contributed by atoms with E-state index in [0.717, 1.165) is 21.9 Å². The minimum Gasteiger partial charge on any atom is -0.305 e. The molecule has 0 spiro atoms. The van der Waals surface area contributed by atoms with E-state index in [1.165, 1.54) is 16.9 Å². The molecule has 1 aromatic carbocycles. The summed E-state index contributed by atoms with van der Waals surface area (Å²) in [5, 5.41) is 4.65. The molecule has 1 amide bonds. The molecule has 0 saturated carbocycles. The van der Waals surface area contributed by atoms with Crippen molar-refractivity contribution >= 4 is 28.0 Å². The maximum atomic E-state index is 12.6. The van der Waals surface area contributed by atoms with E-state index < -0.39 is 0 Å². The van der Waals surface area contributed by atoms with Gasteiger partial charge in [-0.15, -0.1) is 11.3 Å². The van der Waals surface area contributed by atoms with Gasteiger partial charge >= 0.3 is 0 Å². The molecule has 0 saturated heterocycles. The summed E-state index contributed by atoms with van der Waals surface area (Å²) in [7, 11) is 0. The molecule has 0 radical (unpaired) electrons. The highest BCUT2D eigenvalue weighted by molar-refractivity contribution is 7.15. The number of fused-ring (bicyclic) bond motifs is 1. The van der Waals surface area contributed by atoms with Crippen LogP contribution in [0.25, 0.3) is 16.2 Å². The van der Waals surface area contributed by atoms with Gasteiger partial charge in [-0.2, -0.15) is 0 Å². The number of thiazole rings is 1. The number of aromatic nitrogens is 3. The van der Waals surface area contributed by atoms with Crippen LogP contribution in [0.5, 0.6) is 0 Å². The van der Waals surface area contributed by atoms with Crippen molar-refractivity contribution in [2.75, 3.05) is 5.32 Å². The van der Waals surface area contributed by atoms with Gasteiger partial charge in [0.25, 0.3) is 5.91 Å². The van der Waals surface area contributed by atoms with Crippen LogP contribution in [-0.4, -0.2) is 20.3 Å². The average molecular weight is 348 g/mol. The van der Waals surface area contributed by atoms with Crippen LogP contribution in [0.1, 0.15) is 21.7 Å². The zero-order chi connectivity index (χ0) is 17.4. The Morgan fingerprint density at radius 3 is 2.64 bits per heavy atom. The first-order valence-corrected chi connectivity index (χ1v) is 8.77. The van der Waals surface area contributed by atoms with Crippen molar-refractivity contribution in [2.24, 2.45) is 0 Å². The molecular formula is C19H16N4OS. The Morgan fingerprint density at radius 2 is 1.88 bits per heavy atom. The Morgan fingerprint density at radius 1 is 1.08 bits per heavy atom. The van der Waals surface area contributed by atoms with Crippen LogP contribution in [0, 0.1) is 13.8 Å². The lowest BCUT2D eigenvalue weighted by molar-refractivity contribution is 0.102. The zero-order valence-corrected chi connectivity index (χ0v) is 14.7. The number of imidazole rings is 1. The molecule has 0 fully saturated rings. The molecule has 124 valence electrons. The molecule has 3 aromatic heterocycles. The van der Waals surface area contributed by atoms with Crippen molar-refractivity contribution in [3.8, 4) is 11.3 Å². The van der Waals surface area contributed by atoms with Gasteiger partial charge in [0, 0.05) is 22.8 Å². The van der Waals surface area contributed by atoms with Crippen molar-refractivity contribution in [2.45, 2.75) is 13.8 Å². The Labute approximate surface area is 149 Å². The largest absolute Gasteiger partial charge is 0.305 e. The van der Waals surface area contributed by atoms with E-state index in [4.69, 9.17) is 0 Å². The number of carbonyl (C=O) groups excluding carboxylic acids is 1. The van der Waals surface area contributed by atoms with Crippen molar-refractivity contribution in [3.63, 3.8) is 0 Å². The summed E-state index contributed by atoms with van der Waals surface area (Å²) in [5.74, 6) is 0.348. The molecule has 0 atom stereocenters. The minimum atomic E-state index is -0.197. The van der Waals surface area contributed by atoms with Crippen LogP contribution in [-0.2, 0) is 0 Å². The van der Waals surface area contributed by atoms with Crippen LogP contribution in [0.4, 0.5) is 5.82 Å². The lowest BCUT2D eigenvalue weighted by Crippen LogP contribution is -2.14. The molecule has 6 heteroatoms. The summed E-state index contributed by atoms with van der Waals surface area (Å²) in [4.78, 5) is 22.3. The third kappa shape index (κ3) is 3.04. The minimum absolute atomic E-state index is 0.197. The molecule has 25 heavy (non-hydrogen) atoms. The van der Waals surface area contributed by atoms with Gasteiger partial charge in [-0.1, -0.05) is 35.9 Å². The molecule has 0 aliphatic heterocycles. The molecule has 4 aromatic rings. The Kier molecular flexibility index (Phi) is 3.82. The normalized spacial score (nSPS) is 11.0. The van der Waals surface area contributed by atoms with Crippen molar-refractivity contribution in [1.82, 2.24) is 14.4 Å². The number of amides is 1. The summed E-state index contributed by atoms with van der Waals surface area (Å²) in [6, 6.07) is 13.7. The molecule has 0 aliphatic rings. The Hall–Kier alpha value is -2.99. The Balaban J connectivity index is 1.66. The van der Waals surface area contributed by atoms with E-state index in [0.29, 0.717) is 11.5 Å². The molecule has 0 bridgehead atoms. The van der Waals surface area contributed by atoms with Gasteiger partial charge in [-0.3, -0.25) is 9.20 Å². The molecule has 1 N–H and O–H groups in total. The van der Waals surface area contributed by atoms with Gasteiger partial charge in [0.1, 0.15) is 11.5 Å². The third-order valence-corrected chi connectivity index (χ3v) is 4.76. The van der Waals surface area contributed by atoms with Crippen LogP contribution in [0.15, 0.2) is 54.0 Å². The summed E-state index contributed by atoms with van der Waals surface area (Å²) >= 11 is 1.45. The number of anilines is 1. The quantitative estimate of drug-likeness (QED) is 0.599. The standard InChI is InChI=1S/C19H16N4OS/c1-12-6-8-14(9-7-12)15-10-23-16(11-25-19(23)21-15)18(24)22-17-5-3-4-13(2)20-17/h3-11H,1-2H3,(H,20,22,24). The van der Waals surface area contributed by atoms with Crippen LogP contribution in [0.2, 0.25) is 0 Å². The van der Waals surface area contributed by atoms with Gasteiger partial charge in [-0.05, 0) is 26.0 Å². The van der Waals surface area contributed by atoms with Gasteiger partial charge in [0.05, 0.1) is 5.69 Å². The average Bonchev–Trinajstić information content (AvgIpc) is 3.16. The maximum absolute atomic E-state index is 12.6. The van der Waals surface area contributed by atoms with Crippen molar-refractivity contribution < 1.29 is 4.79 Å². The Bertz CT molecular complexity index is 1060. The molecule has 3 heterocycles. The fourth-order valence-corrected chi connectivity index (χ4v) is 3.46. The summed E-state index contributed by atoms with van der Waals surface area (Å²) < 4.78 is 1.82. The van der Waals surface area contributed by atoms with E-state index in [-0.39, 0.29) is 5.91 Å². The highest BCUT2D eigenvalue weighted by atomic mass is 32.1. The van der Waals surface area contributed by atoms with Crippen LogP contribution in [0.3, 0.4) is 0 Å². The molecular weight excluding hydrogens is 332 g/mol. The molecule has 0 unspecified atom stereocenters. The van der Waals surface area contributed by atoms with E-state index in [1.807, 2.05) is 47.2 Å². The van der Waals surface area contributed by atoms with Crippen molar-refractivity contribution in [1.29, 1.82) is 0 Å². The van der Waals surface area contributed by atoms with E-state index in [2.05, 4.69) is 34.3 Å². The van der Waals surface area contributed by atoms with Gasteiger partial charge in [0.2, 0.25) is 0 Å². The SMILES string of the molecule is Cc1ccc(-c2cn3c(C(=O)Nc4cccc(C)n4)csc3n2)cc1. The fourth-order valence-electron chi connectivity index (χ4n) is 2.60. The maximum Gasteiger partial charge on any atom is 0.274 e. The number of pyridine rings is 1. The third-order valence-electron chi connectivity index (χ3n) is 3.92. The topological polar surface area (TPSA) is 59.3 Å². The van der Waals surface area contributed by atoms with E-state index >= 15 is 0 Å². The lowest BCUT2D eigenvalue weighted by Gasteiger charge is -2.04. The molecule has 4 rings (SSSR count). The first-order chi connectivity index (χ1) is 12.1. The first-order valence-electron chi connectivity index (χ1n) is 7.89. The van der Waals surface area contributed by atoms with Gasteiger partial charge in [-0.25, -0.2) is 9.97 Å². The van der Waals surface area contributed by atoms with Crippen LogP contribution >= 0.6 is 11.3 Å². The van der Waals surface area contributed by atoms with Gasteiger partial charge in [0.15, 0.2) is 4.96 Å². The monoisotopic (exact) mass is 348 g/mol. The number of aryl methyl sites for hydroxylation is 2. The number of hydrogen-bond donors (Lipinski definition) is 1. The molecule has 5 nitrogen and oxygen atoms in total. The van der Waals surface area contributed by atoms with E-state index in [1.54, 1.807) is 6.07 Å². The lowest BCUT2D eigenvalue weighted by atomic mass is 10.1. The smallest absolute Gasteiger partial charge is 0.274 e. The van der Waals surface area contributed by atoms with Crippen molar-refractivity contribution in [3.05, 3.63) is 71.0 Å². The number of hydrogen-bond acceptors (Lipinski definition) is 4. The zero-order valence-electron chi connectivity index (χ0n) is 13.9. The number of nitrogens with zero attached hydrogens (tertiary/aromatic N) is 3. The summed E-state index contributed by atoms with van der Waals surface area (Å²) in [6.07, 6.45) is 1.90. The van der Waals surface area contributed by atoms with E-state index in [9.17, 15) is 4.79 Å². The van der Waals surface area contributed by atoms with Gasteiger partial charge < -0.3 is 5.32 Å². The van der Waals surface area contributed by atoms with Crippen LogP contribution < -0.4 is 5.32 Å². The number of carbonyl (C=O) groups is 1. The fraction of sp³-hybridized carbons (Fsp3) is 0.105. The highest BCUT2D eigenvalue weighted by Gasteiger charge is 2.15. The second kappa shape index (κ2) is 6.14. The summed E-state index contributed by atoms with van der Waals surface area (Å²) in [5.41, 5.74) is 4.50. The second-order valence-electron chi connectivity index (χ2n) is 5.88. The number of rotatable bonds is 3. The first kappa shape index (κ1) is 15.5. The predicted molar refractivity (Wildman–Crippen MR) is 100 cm³/mol. The predicted octanol–water partition coefficient (Wildman–Crippen LogP) is 4.33. The highest BCUT2D eigenvalue weighted by Crippen LogP contribution is 2.24. The second-order valence-corrected chi connectivity index (χ2v) is 6.72. The molecule has 0 aliphatic carbocycles.